The van der Waals surface area contributed by atoms with Crippen molar-refractivity contribution >= 4 is 11.8 Å². The molecular weight excluding hydrogens is 292 g/mol. The van der Waals surface area contributed by atoms with Gasteiger partial charge in [-0.25, -0.2) is 0 Å². The number of carbonyl (C=O) groups is 2. The van der Waals surface area contributed by atoms with Crippen molar-refractivity contribution in [3.63, 3.8) is 0 Å². The number of amides is 2. The summed E-state index contributed by atoms with van der Waals surface area (Å²) < 4.78 is 5.70. The van der Waals surface area contributed by atoms with Crippen LogP contribution < -0.4 is 10.5 Å². The van der Waals surface area contributed by atoms with Gasteiger partial charge in [0.25, 0.3) is 0 Å². The lowest BCUT2D eigenvalue weighted by Gasteiger charge is -2.37. The monoisotopic (exact) mass is 318 g/mol. The van der Waals surface area contributed by atoms with E-state index < -0.39 is 0 Å². The maximum atomic E-state index is 12.4. The SMILES string of the molecule is Cc1cc(C)cc(OCCC(=O)N2C[C@@H](C(N)=O)CC[C@@H]2C)c1. The van der Waals surface area contributed by atoms with Gasteiger partial charge in [-0.05, 0) is 56.9 Å². The van der Waals surface area contributed by atoms with Gasteiger partial charge in [0, 0.05) is 12.6 Å². The first-order valence-corrected chi connectivity index (χ1v) is 8.16. The molecule has 1 saturated heterocycles. The Morgan fingerprint density at radius 2 is 1.87 bits per heavy atom. The first-order valence-electron chi connectivity index (χ1n) is 8.16. The van der Waals surface area contributed by atoms with Crippen LogP contribution in [-0.2, 0) is 9.59 Å². The molecule has 5 heteroatoms. The number of hydrogen-bond acceptors (Lipinski definition) is 3. The largest absolute Gasteiger partial charge is 0.493 e. The standard InChI is InChI=1S/C18H26N2O3/c1-12-8-13(2)10-16(9-12)23-7-6-17(21)20-11-15(18(19)22)5-4-14(20)3/h8-10,14-15H,4-7,11H2,1-3H3,(H2,19,22)/t14-,15-/m0/s1. The smallest absolute Gasteiger partial charge is 0.226 e. The third kappa shape index (κ3) is 4.71. The summed E-state index contributed by atoms with van der Waals surface area (Å²) >= 11 is 0. The van der Waals surface area contributed by atoms with E-state index >= 15 is 0 Å². The second-order valence-corrected chi connectivity index (χ2v) is 6.49. The molecule has 1 heterocycles. The first kappa shape index (κ1) is 17.3. The quantitative estimate of drug-likeness (QED) is 0.904. The molecule has 2 atom stereocenters. The van der Waals surface area contributed by atoms with Crippen molar-refractivity contribution in [2.24, 2.45) is 11.7 Å². The average Bonchev–Trinajstić information content (AvgIpc) is 2.46. The second-order valence-electron chi connectivity index (χ2n) is 6.49. The van der Waals surface area contributed by atoms with Gasteiger partial charge in [0.05, 0.1) is 18.9 Å². The number of piperidine rings is 1. The topological polar surface area (TPSA) is 72.6 Å². The van der Waals surface area contributed by atoms with Gasteiger partial charge in [-0.2, -0.15) is 0 Å². The number of hydrogen-bond donors (Lipinski definition) is 1. The van der Waals surface area contributed by atoms with Crippen LogP contribution in [0.2, 0.25) is 0 Å². The predicted octanol–water partition coefficient (Wildman–Crippen LogP) is 2.18. The maximum Gasteiger partial charge on any atom is 0.226 e. The van der Waals surface area contributed by atoms with E-state index in [9.17, 15) is 9.59 Å². The predicted molar refractivity (Wildman–Crippen MR) is 89.1 cm³/mol. The number of rotatable bonds is 5. The van der Waals surface area contributed by atoms with Crippen molar-refractivity contribution in [2.45, 2.75) is 46.1 Å². The molecule has 0 radical (unpaired) electrons. The third-order valence-electron chi connectivity index (χ3n) is 4.38. The Bertz CT molecular complexity index is 565. The second kappa shape index (κ2) is 7.49. The molecule has 1 aromatic carbocycles. The van der Waals surface area contributed by atoms with Crippen LogP contribution in [0.5, 0.6) is 5.75 Å². The highest BCUT2D eigenvalue weighted by molar-refractivity contribution is 5.80. The Balaban J connectivity index is 1.87. The zero-order chi connectivity index (χ0) is 17.0. The number of benzene rings is 1. The summed E-state index contributed by atoms with van der Waals surface area (Å²) in [5.74, 6) is 0.265. The van der Waals surface area contributed by atoms with Gasteiger partial charge in [-0.3, -0.25) is 9.59 Å². The summed E-state index contributed by atoms with van der Waals surface area (Å²) in [4.78, 5) is 25.5. The fourth-order valence-corrected chi connectivity index (χ4v) is 3.10. The van der Waals surface area contributed by atoms with Crippen molar-refractivity contribution in [3.05, 3.63) is 29.3 Å². The zero-order valence-corrected chi connectivity index (χ0v) is 14.2. The molecule has 2 rings (SSSR count). The molecule has 0 aliphatic carbocycles. The number of primary amides is 1. The van der Waals surface area contributed by atoms with Crippen LogP contribution in [0, 0.1) is 19.8 Å². The van der Waals surface area contributed by atoms with E-state index in [2.05, 4.69) is 6.07 Å². The minimum absolute atomic E-state index is 0.0211. The Kier molecular flexibility index (Phi) is 5.64. The third-order valence-corrected chi connectivity index (χ3v) is 4.38. The van der Waals surface area contributed by atoms with Crippen LogP contribution >= 0.6 is 0 Å². The summed E-state index contributed by atoms with van der Waals surface area (Å²) in [6.07, 6.45) is 1.89. The lowest BCUT2D eigenvalue weighted by Crippen LogP contribution is -2.48. The van der Waals surface area contributed by atoms with Gasteiger partial charge in [0.15, 0.2) is 0 Å². The summed E-state index contributed by atoms with van der Waals surface area (Å²) in [6.45, 7) is 6.82. The summed E-state index contributed by atoms with van der Waals surface area (Å²) in [7, 11) is 0. The maximum absolute atomic E-state index is 12.4. The molecule has 1 aliphatic heterocycles. The molecule has 0 saturated carbocycles. The molecule has 1 aromatic rings. The molecule has 1 fully saturated rings. The van der Waals surface area contributed by atoms with Crippen molar-refractivity contribution in [1.82, 2.24) is 4.90 Å². The van der Waals surface area contributed by atoms with Crippen molar-refractivity contribution < 1.29 is 14.3 Å². The molecule has 0 spiro atoms. The van der Waals surface area contributed by atoms with Gasteiger partial charge in [-0.15, -0.1) is 0 Å². The molecule has 0 bridgehead atoms. The van der Waals surface area contributed by atoms with Crippen LogP contribution in [0.3, 0.4) is 0 Å². The Hall–Kier alpha value is -2.04. The molecule has 0 unspecified atom stereocenters. The molecule has 126 valence electrons. The number of likely N-dealkylation sites (tertiary alicyclic amines) is 1. The van der Waals surface area contributed by atoms with E-state index in [-0.39, 0.29) is 23.8 Å². The lowest BCUT2D eigenvalue weighted by atomic mass is 9.92. The van der Waals surface area contributed by atoms with Crippen LogP contribution in [0.25, 0.3) is 0 Å². The Morgan fingerprint density at radius 1 is 1.22 bits per heavy atom. The van der Waals surface area contributed by atoms with E-state index in [1.807, 2.05) is 32.9 Å². The molecule has 1 aliphatic rings. The summed E-state index contributed by atoms with van der Waals surface area (Å²) in [5, 5.41) is 0. The fraction of sp³-hybridized carbons (Fsp3) is 0.556. The minimum Gasteiger partial charge on any atom is -0.493 e. The van der Waals surface area contributed by atoms with E-state index in [0.29, 0.717) is 19.6 Å². The normalized spacial score (nSPS) is 21.1. The average molecular weight is 318 g/mol. The van der Waals surface area contributed by atoms with Crippen LogP contribution in [-0.4, -0.2) is 35.9 Å². The van der Waals surface area contributed by atoms with E-state index in [1.54, 1.807) is 4.90 Å². The zero-order valence-electron chi connectivity index (χ0n) is 14.2. The molecule has 2 amide bonds. The molecule has 5 nitrogen and oxygen atoms in total. The minimum atomic E-state index is -0.318. The lowest BCUT2D eigenvalue weighted by molar-refractivity contribution is -0.138. The molecular formula is C18H26N2O3. The number of ether oxygens (including phenoxy) is 1. The number of nitrogens with two attached hydrogens (primary N) is 1. The van der Waals surface area contributed by atoms with E-state index in [1.165, 1.54) is 0 Å². The number of carbonyl (C=O) groups excluding carboxylic acids is 2. The first-order chi connectivity index (χ1) is 10.9. The number of aryl methyl sites for hydroxylation is 2. The summed E-state index contributed by atoms with van der Waals surface area (Å²) in [5.41, 5.74) is 7.66. The highest BCUT2D eigenvalue weighted by atomic mass is 16.5. The van der Waals surface area contributed by atoms with Gasteiger partial charge in [0.2, 0.25) is 11.8 Å². The van der Waals surface area contributed by atoms with Crippen molar-refractivity contribution in [1.29, 1.82) is 0 Å². The van der Waals surface area contributed by atoms with Crippen molar-refractivity contribution in [3.8, 4) is 5.75 Å². The Morgan fingerprint density at radius 3 is 2.48 bits per heavy atom. The van der Waals surface area contributed by atoms with Crippen LogP contribution in [0.1, 0.15) is 37.3 Å². The Labute approximate surface area is 137 Å². The fourth-order valence-electron chi connectivity index (χ4n) is 3.10. The molecule has 23 heavy (non-hydrogen) atoms. The van der Waals surface area contributed by atoms with Crippen LogP contribution in [0.15, 0.2) is 18.2 Å². The molecule has 0 aromatic heterocycles. The van der Waals surface area contributed by atoms with Gasteiger partial charge < -0.3 is 15.4 Å². The van der Waals surface area contributed by atoms with Gasteiger partial charge in [-0.1, -0.05) is 6.07 Å². The van der Waals surface area contributed by atoms with Crippen molar-refractivity contribution in [2.75, 3.05) is 13.2 Å². The van der Waals surface area contributed by atoms with E-state index in [4.69, 9.17) is 10.5 Å². The molecule has 2 N–H and O–H groups in total. The highest BCUT2D eigenvalue weighted by Crippen LogP contribution is 2.22. The van der Waals surface area contributed by atoms with Gasteiger partial charge >= 0.3 is 0 Å². The van der Waals surface area contributed by atoms with Crippen LogP contribution in [0.4, 0.5) is 0 Å². The highest BCUT2D eigenvalue weighted by Gasteiger charge is 2.31. The van der Waals surface area contributed by atoms with Gasteiger partial charge in [0.1, 0.15) is 5.75 Å². The summed E-state index contributed by atoms with van der Waals surface area (Å²) in [6, 6.07) is 6.16. The number of nitrogens with zero attached hydrogens (tertiary/aromatic N) is 1. The van der Waals surface area contributed by atoms with E-state index in [0.717, 1.165) is 29.7 Å².